The lowest BCUT2D eigenvalue weighted by Gasteiger charge is -2.07. The van der Waals surface area contributed by atoms with Crippen LogP contribution >= 0.6 is 0 Å². The minimum atomic E-state index is -4.09. The SMILES string of the molecule is CC(C)CCCCCc1ccccc1S(=O)(=O)O. The van der Waals surface area contributed by atoms with Crippen LogP contribution in [0, 0.1) is 5.92 Å². The molecule has 0 bridgehead atoms. The maximum atomic E-state index is 11.2. The van der Waals surface area contributed by atoms with Crippen molar-refractivity contribution in [2.75, 3.05) is 0 Å². The molecule has 18 heavy (non-hydrogen) atoms. The van der Waals surface area contributed by atoms with Crippen molar-refractivity contribution in [3.05, 3.63) is 29.8 Å². The lowest BCUT2D eigenvalue weighted by Crippen LogP contribution is -2.03. The zero-order chi connectivity index (χ0) is 13.6. The Bertz CT molecular complexity index is 464. The lowest BCUT2D eigenvalue weighted by atomic mass is 10.0. The Morgan fingerprint density at radius 3 is 2.39 bits per heavy atom. The molecule has 4 heteroatoms. The number of hydrogen-bond donors (Lipinski definition) is 1. The molecule has 0 atom stereocenters. The van der Waals surface area contributed by atoms with Crippen LogP contribution in [-0.2, 0) is 16.5 Å². The van der Waals surface area contributed by atoms with Crippen LogP contribution in [0.2, 0.25) is 0 Å². The monoisotopic (exact) mass is 270 g/mol. The molecule has 0 aliphatic carbocycles. The maximum absolute atomic E-state index is 11.2. The Morgan fingerprint density at radius 1 is 1.11 bits per heavy atom. The average molecular weight is 270 g/mol. The molecule has 0 saturated heterocycles. The lowest BCUT2D eigenvalue weighted by molar-refractivity contribution is 0.481. The highest BCUT2D eigenvalue weighted by Gasteiger charge is 2.13. The standard InChI is InChI=1S/C14H22O3S/c1-12(2)8-4-3-5-9-13-10-6-7-11-14(13)18(15,16)17/h6-7,10-12H,3-5,8-9H2,1-2H3,(H,15,16,17). The van der Waals surface area contributed by atoms with Crippen molar-refractivity contribution in [3.8, 4) is 0 Å². The fourth-order valence-electron chi connectivity index (χ4n) is 2.01. The summed E-state index contributed by atoms with van der Waals surface area (Å²) in [4.78, 5) is 0.0499. The molecule has 1 aromatic carbocycles. The number of benzene rings is 1. The quantitative estimate of drug-likeness (QED) is 0.607. The summed E-state index contributed by atoms with van der Waals surface area (Å²) in [6.45, 7) is 4.40. The Hall–Kier alpha value is -0.870. The zero-order valence-corrected chi connectivity index (χ0v) is 11.9. The number of rotatable bonds is 7. The molecule has 1 aromatic rings. The highest BCUT2D eigenvalue weighted by molar-refractivity contribution is 7.85. The smallest absolute Gasteiger partial charge is 0.282 e. The van der Waals surface area contributed by atoms with Gasteiger partial charge in [-0.3, -0.25) is 4.55 Å². The van der Waals surface area contributed by atoms with Gasteiger partial charge in [-0.05, 0) is 30.4 Å². The summed E-state index contributed by atoms with van der Waals surface area (Å²) in [5.41, 5.74) is 0.713. The molecule has 0 aliphatic heterocycles. The predicted molar refractivity (Wildman–Crippen MR) is 73.3 cm³/mol. The fourth-order valence-corrected chi connectivity index (χ4v) is 2.76. The van der Waals surface area contributed by atoms with Gasteiger partial charge < -0.3 is 0 Å². The molecule has 0 amide bonds. The average Bonchev–Trinajstić information content (AvgIpc) is 2.27. The Morgan fingerprint density at radius 2 is 1.78 bits per heavy atom. The van der Waals surface area contributed by atoms with Crippen molar-refractivity contribution in [2.24, 2.45) is 5.92 Å². The first-order valence-electron chi connectivity index (χ1n) is 6.46. The van der Waals surface area contributed by atoms with E-state index >= 15 is 0 Å². The first-order valence-corrected chi connectivity index (χ1v) is 7.90. The number of unbranched alkanes of at least 4 members (excludes halogenated alkanes) is 2. The maximum Gasteiger partial charge on any atom is 0.294 e. The first kappa shape index (κ1) is 15.2. The van der Waals surface area contributed by atoms with Crippen molar-refractivity contribution in [3.63, 3.8) is 0 Å². The van der Waals surface area contributed by atoms with Crippen LogP contribution in [0.4, 0.5) is 0 Å². The van der Waals surface area contributed by atoms with Gasteiger partial charge in [0.25, 0.3) is 10.1 Å². The minimum absolute atomic E-state index is 0.0499. The summed E-state index contributed by atoms with van der Waals surface area (Å²) in [6, 6.07) is 6.66. The second-order valence-corrected chi connectivity index (χ2v) is 6.47. The molecule has 102 valence electrons. The Kier molecular flexibility index (Phi) is 5.82. The Balaban J connectivity index is 2.53. The van der Waals surface area contributed by atoms with Gasteiger partial charge in [-0.15, -0.1) is 0 Å². The molecule has 3 nitrogen and oxygen atoms in total. The highest BCUT2D eigenvalue weighted by Crippen LogP contribution is 2.18. The summed E-state index contributed by atoms with van der Waals surface area (Å²) < 4.78 is 31.5. The van der Waals surface area contributed by atoms with Crippen molar-refractivity contribution >= 4 is 10.1 Å². The van der Waals surface area contributed by atoms with E-state index in [0.29, 0.717) is 12.0 Å². The zero-order valence-electron chi connectivity index (χ0n) is 11.1. The summed E-state index contributed by atoms with van der Waals surface area (Å²) >= 11 is 0. The van der Waals surface area contributed by atoms with Crippen LogP contribution in [-0.4, -0.2) is 13.0 Å². The predicted octanol–water partition coefficient (Wildman–Crippen LogP) is 3.69. The van der Waals surface area contributed by atoms with Crippen molar-refractivity contribution in [1.82, 2.24) is 0 Å². The van der Waals surface area contributed by atoms with Gasteiger partial charge in [0.05, 0.1) is 4.90 Å². The van der Waals surface area contributed by atoms with Crippen molar-refractivity contribution in [1.29, 1.82) is 0 Å². The number of hydrogen-bond acceptors (Lipinski definition) is 2. The van der Waals surface area contributed by atoms with E-state index in [1.165, 1.54) is 18.9 Å². The van der Waals surface area contributed by atoms with Gasteiger partial charge in [0, 0.05) is 0 Å². The van der Waals surface area contributed by atoms with Crippen LogP contribution in [0.5, 0.6) is 0 Å². The van der Waals surface area contributed by atoms with E-state index in [0.717, 1.165) is 18.8 Å². The minimum Gasteiger partial charge on any atom is -0.282 e. The van der Waals surface area contributed by atoms with E-state index in [4.69, 9.17) is 4.55 Å². The number of aryl methyl sites for hydroxylation is 1. The van der Waals surface area contributed by atoms with Crippen LogP contribution in [0.1, 0.15) is 45.1 Å². The van der Waals surface area contributed by atoms with Gasteiger partial charge in [-0.25, -0.2) is 0 Å². The second kappa shape index (κ2) is 6.90. The van der Waals surface area contributed by atoms with Crippen molar-refractivity contribution < 1.29 is 13.0 Å². The van der Waals surface area contributed by atoms with E-state index in [1.807, 2.05) is 0 Å². The van der Waals surface area contributed by atoms with Gasteiger partial charge in [0.2, 0.25) is 0 Å². The molecule has 0 fully saturated rings. The van der Waals surface area contributed by atoms with Crippen molar-refractivity contribution in [2.45, 2.75) is 50.8 Å². The molecule has 0 aliphatic rings. The molecule has 0 aromatic heterocycles. The molecule has 0 saturated carbocycles. The molecule has 0 spiro atoms. The second-order valence-electron chi connectivity index (χ2n) is 5.08. The summed E-state index contributed by atoms with van der Waals surface area (Å²) in [5.74, 6) is 0.718. The van der Waals surface area contributed by atoms with Crippen LogP contribution in [0.15, 0.2) is 29.2 Å². The van der Waals surface area contributed by atoms with Crippen LogP contribution in [0.25, 0.3) is 0 Å². The fraction of sp³-hybridized carbons (Fsp3) is 0.571. The van der Waals surface area contributed by atoms with Gasteiger partial charge in [-0.2, -0.15) is 8.42 Å². The summed E-state index contributed by atoms with van der Waals surface area (Å²) in [5, 5.41) is 0. The first-order chi connectivity index (χ1) is 8.41. The van der Waals surface area contributed by atoms with Crippen LogP contribution in [0.3, 0.4) is 0 Å². The van der Waals surface area contributed by atoms with Gasteiger partial charge in [0.15, 0.2) is 0 Å². The third-order valence-corrected chi connectivity index (χ3v) is 3.93. The molecule has 1 N–H and O–H groups in total. The highest BCUT2D eigenvalue weighted by atomic mass is 32.2. The summed E-state index contributed by atoms with van der Waals surface area (Å²) in [6.07, 6.45) is 5.14. The van der Waals surface area contributed by atoms with Gasteiger partial charge >= 0.3 is 0 Å². The molecular formula is C14H22O3S. The van der Waals surface area contributed by atoms with E-state index < -0.39 is 10.1 Å². The third kappa shape index (κ3) is 5.19. The van der Waals surface area contributed by atoms with Gasteiger partial charge in [-0.1, -0.05) is 51.3 Å². The summed E-state index contributed by atoms with van der Waals surface area (Å²) in [7, 11) is -4.09. The molecule has 1 rings (SSSR count). The van der Waals surface area contributed by atoms with Gasteiger partial charge in [0.1, 0.15) is 0 Å². The largest absolute Gasteiger partial charge is 0.294 e. The normalized spacial score (nSPS) is 12.0. The molecule has 0 radical (unpaired) electrons. The molecule has 0 heterocycles. The topological polar surface area (TPSA) is 54.4 Å². The third-order valence-electron chi connectivity index (χ3n) is 2.98. The van der Waals surface area contributed by atoms with E-state index in [9.17, 15) is 8.42 Å². The molecular weight excluding hydrogens is 248 g/mol. The Labute approximate surface area is 110 Å². The van der Waals surface area contributed by atoms with Crippen LogP contribution < -0.4 is 0 Å². The van der Waals surface area contributed by atoms with E-state index in [-0.39, 0.29) is 4.90 Å². The van der Waals surface area contributed by atoms with E-state index in [2.05, 4.69) is 13.8 Å². The van der Waals surface area contributed by atoms with E-state index in [1.54, 1.807) is 18.2 Å². The molecule has 0 unspecified atom stereocenters.